The maximum Gasteiger partial charge on any atom is 0.261 e. The van der Waals surface area contributed by atoms with E-state index in [1.807, 2.05) is 24.5 Å². The van der Waals surface area contributed by atoms with Crippen LogP contribution in [0.15, 0.2) is 23.6 Å². The Kier molecular flexibility index (Phi) is 4.90. The monoisotopic (exact) mass is 225 g/mol. The third-order valence-electron chi connectivity index (χ3n) is 1.87. The zero-order valence-electron chi connectivity index (χ0n) is 8.95. The summed E-state index contributed by atoms with van der Waals surface area (Å²) in [6.45, 7) is 2.63. The Morgan fingerprint density at radius 1 is 1.67 bits per heavy atom. The van der Waals surface area contributed by atoms with Crippen LogP contribution in [0.4, 0.5) is 0 Å². The van der Waals surface area contributed by atoms with Gasteiger partial charge in [-0.15, -0.1) is 11.3 Å². The van der Waals surface area contributed by atoms with E-state index in [2.05, 4.69) is 5.32 Å². The van der Waals surface area contributed by atoms with Gasteiger partial charge in [-0.3, -0.25) is 4.79 Å². The molecule has 0 aliphatic rings. The van der Waals surface area contributed by atoms with Gasteiger partial charge in [0.05, 0.1) is 12.0 Å². The number of nitrogens with one attached hydrogen (secondary N) is 1. The predicted octanol–water partition coefficient (Wildman–Crippen LogP) is 2.45. The summed E-state index contributed by atoms with van der Waals surface area (Å²) in [7, 11) is 1.59. The van der Waals surface area contributed by atoms with Crippen molar-refractivity contribution in [2.24, 2.45) is 0 Å². The molecule has 82 valence electrons. The number of hydrogen-bond donors (Lipinski definition) is 1. The highest BCUT2D eigenvalue weighted by molar-refractivity contribution is 7.12. The number of ether oxygens (including phenoxy) is 1. The van der Waals surface area contributed by atoms with Gasteiger partial charge in [0.25, 0.3) is 5.91 Å². The summed E-state index contributed by atoms with van der Waals surface area (Å²) in [5.41, 5.74) is 0. The summed E-state index contributed by atoms with van der Waals surface area (Å²) in [5, 5.41) is 4.66. The Labute approximate surface area is 93.8 Å². The van der Waals surface area contributed by atoms with Gasteiger partial charge in [-0.05, 0) is 13.3 Å². The van der Waals surface area contributed by atoms with E-state index in [1.54, 1.807) is 13.2 Å². The van der Waals surface area contributed by atoms with Crippen LogP contribution in [0.3, 0.4) is 0 Å². The average molecular weight is 225 g/mol. The summed E-state index contributed by atoms with van der Waals surface area (Å²) in [4.78, 5) is 12.2. The second kappa shape index (κ2) is 6.24. The van der Waals surface area contributed by atoms with Gasteiger partial charge in [0.15, 0.2) is 0 Å². The Balaban J connectivity index is 2.39. The van der Waals surface area contributed by atoms with E-state index in [9.17, 15) is 4.79 Å². The van der Waals surface area contributed by atoms with Gasteiger partial charge in [0.1, 0.15) is 5.75 Å². The highest BCUT2D eigenvalue weighted by Gasteiger charge is 2.07. The van der Waals surface area contributed by atoms with Crippen LogP contribution in [-0.4, -0.2) is 19.6 Å². The van der Waals surface area contributed by atoms with Crippen LogP contribution in [0.2, 0.25) is 0 Å². The number of allylic oxidation sites excluding steroid dienone is 1. The fourth-order valence-corrected chi connectivity index (χ4v) is 1.84. The molecule has 0 radical (unpaired) electrons. The molecule has 0 saturated heterocycles. The SMILES string of the molecule is C/C=C/CCNC(=O)c1cc(OC)cs1. The van der Waals surface area contributed by atoms with E-state index >= 15 is 0 Å². The molecule has 4 heteroatoms. The van der Waals surface area contributed by atoms with E-state index < -0.39 is 0 Å². The lowest BCUT2D eigenvalue weighted by Gasteiger charge is -1.99. The summed E-state index contributed by atoms with van der Waals surface area (Å²) >= 11 is 1.39. The number of carbonyl (C=O) groups is 1. The molecule has 1 heterocycles. The standard InChI is InChI=1S/C11H15NO2S/c1-3-4-5-6-12-11(13)10-7-9(14-2)8-15-10/h3-4,7-8H,5-6H2,1-2H3,(H,12,13)/b4-3+. The largest absolute Gasteiger partial charge is 0.496 e. The highest BCUT2D eigenvalue weighted by atomic mass is 32.1. The van der Waals surface area contributed by atoms with Gasteiger partial charge in [-0.2, -0.15) is 0 Å². The van der Waals surface area contributed by atoms with Crippen molar-refractivity contribution in [1.29, 1.82) is 0 Å². The summed E-state index contributed by atoms with van der Waals surface area (Å²) < 4.78 is 5.01. The molecule has 0 atom stereocenters. The lowest BCUT2D eigenvalue weighted by atomic mass is 10.3. The normalized spacial score (nSPS) is 10.5. The second-order valence-electron chi connectivity index (χ2n) is 2.96. The van der Waals surface area contributed by atoms with Crippen LogP contribution >= 0.6 is 11.3 Å². The molecule has 0 saturated carbocycles. The van der Waals surface area contributed by atoms with Crippen molar-refractivity contribution < 1.29 is 9.53 Å². The first-order chi connectivity index (χ1) is 7.27. The number of carbonyl (C=O) groups excluding carboxylic acids is 1. The van der Waals surface area contributed by atoms with Crippen molar-refractivity contribution in [3.8, 4) is 5.75 Å². The lowest BCUT2D eigenvalue weighted by molar-refractivity contribution is 0.0958. The maximum absolute atomic E-state index is 11.6. The first-order valence-electron chi connectivity index (χ1n) is 4.79. The molecule has 0 aromatic carbocycles. The maximum atomic E-state index is 11.6. The molecule has 3 nitrogen and oxygen atoms in total. The van der Waals surface area contributed by atoms with Crippen LogP contribution in [0, 0.1) is 0 Å². The van der Waals surface area contributed by atoms with E-state index in [1.165, 1.54) is 11.3 Å². The predicted molar refractivity (Wildman–Crippen MR) is 62.6 cm³/mol. The third kappa shape index (κ3) is 3.75. The van der Waals surface area contributed by atoms with Crippen molar-refractivity contribution >= 4 is 17.2 Å². The molecule has 0 fully saturated rings. The first kappa shape index (κ1) is 11.8. The van der Waals surface area contributed by atoms with Crippen molar-refractivity contribution in [2.75, 3.05) is 13.7 Å². The molecule has 0 aliphatic heterocycles. The number of hydrogen-bond acceptors (Lipinski definition) is 3. The molecule has 0 bridgehead atoms. The molecule has 1 N–H and O–H groups in total. The minimum absolute atomic E-state index is 0.0344. The minimum atomic E-state index is -0.0344. The molecular weight excluding hydrogens is 210 g/mol. The summed E-state index contributed by atoms with van der Waals surface area (Å²) in [6.07, 6.45) is 4.86. The second-order valence-corrected chi connectivity index (χ2v) is 3.88. The molecule has 0 unspecified atom stereocenters. The summed E-state index contributed by atoms with van der Waals surface area (Å²) in [6, 6.07) is 1.75. The zero-order valence-corrected chi connectivity index (χ0v) is 9.76. The van der Waals surface area contributed by atoms with Crippen LogP contribution in [0.5, 0.6) is 5.75 Å². The first-order valence-corrected chi connectivity index (χ1v) is 5.67. The molecule has 1 amide bonds. The lowest BCUT2D eigenvalue weighted by Crippen LogP contribution is -2.23. The van der Waals surface area contributed by atoms with Gasteiger partial charge in [0, 0.05) is 18.0 Å². The third-order valence-corrected chi connectivity index (χ3v) is 2.77. The molecule has 0 spiro atoms. The molecule has 15 heavy (non-hydrogen) atoms. The van der Waals surface area contributed by atoms with Gasteiger partial charge < -0.3 is 10.1 Å². The Morgan fingerprint density at radius 3 is 3.07 bits per heavy atom. The van der Waals surface area contributed by atoms with E-state index in [4.69, 9.17) is 4.74 Å². The van der Waals surface area contributed by atoms with Gasteiger partial charge in [-0.1, -0.05) is 12.2 Å². The minimum Gasteiger partial charge on any atom is -0.496 e. The average Bonchev–Trinajstić information content (AvgIpc) is 2.72. The number of thiophene rings is 1. The van der Waals surface area contributed by atoms with Crippen molar-refractivity contribution in [3.05, 3.63) is 28.5 Å². The molecule has 1 aromatic rings. The van der Waals surface area contributed by atoms with Crippen LogP contribution < -0.4 is 10.1 Å². The summed E-state index contributed by atoms with van der Waals surface area (Å²) in [5.74, 6) is 0.700. The van der Waals surface area contributed by atoms with Gasteiger partial charge in [-0.25, -0.2) is 0 Å². The number of methoxy groups -OCH3 is 1. The Bertz CT molecular complexity index is 344. The fourth-order valence-electron chi connectivity index (χ4n) is 1.07. The molecule has 0 aliphatic carbocycles. The quantitative estimate of drug-likeness (QED) is 0.617. The fraction of sp³-hybridized carbons (Fsp3) is 0.364. The number of rotatable bonds is 5. The smallest absolute Gasteiger partial charge is 0.261 e. The molecule has 1 rings (SSSR count). The van der Waals surface area contributed by atoms with Crippen LogP contribution in [-0.2, 0) is 0 Å². The van der Waals surface area contributed by atoms with Crippen LogP contribution in [0.25, 0.3) is 0 Å². The van der Waals surface area contributed by atoms with E-state index in [-0.39, 0.29) is 5.91 Å². The highest BCUT2D eigenvalue weighted by Crippen LogP contribution is 2.20. The topological polar surface area (TPSA) is 38.3 Å². The van der Waals surface area contributed by atoms with Crippen molar-refractivity contribution in [3.63, 3.8) is 0 Å². The van der Waals surface area contributed by atoms with Crippen molar-refractivity contribution in [1.82, 2.24) is 5.32 Å². The molecular formula is C11H15NO2S. The van der Waals surface area contributed by atoms with Gasteiger partial charge in [0.2, 0.25) is 0 Å². The number of amides is 1. The van der Waals surface area contributed by atoms with Gasteiger partial charge >= 0.3 is 0 Å². The zero-order chi connectivity index (χ0) is 11.1. The molecule has 1 aromatic heterocycles. The van der Waals surface area contributed by atoms with E-state index in [0.29, 0.717) is 11.4 Å². The van der Waals surface area contributed by atoms with Crippen molar-refractivity contribution in [2.45, 2.75) is 13.3 Å². The van der Waals surface area contributed by atoms with E-state index in [0.717, 1.165) is 12.2 Å². The Morgan fingerprint density at radius 2 is 2.47 bits per heavy atom. The Hall–Kier alpha value is -1.29. The van der Waals surface area contributed by atoms with Crippen LogP contribution in [0.1, 0.15) is 23.0 Å².